The molecule has 1 aromatic heterocycles. The van der Waals surface area contributed by atoms with E-state index in [9.17, 15) is 8.42 Å². The lowest BCUT2D eigenvalue weighted by Crippen LogP contribution is -2.34. The first-order valence-corrected chi connectivity index (χ1v) is 8.80. The number of hydrogen-bond acceptors (Lipinski definition) is 5. The van der Waals surface area contributed by atoms with Crippen molar-refractivity contribution in [3.8, 4) is 0 Å². The zero-order valence-electron chi connectivity index (χ0n) is 13.3. The predicted molar refractivity (Wildman–Crippen MR) is 83.7 cm³/mol. The van der Waals surface area contributed by atoms with Gasteiger partial charge in [0.05, 0.1) is 6.54 Å². The molecule has 1 rings (SSSR count). The molecule has 6 nitrogen and oxygen atoms in total. The van der Waals surface area contributed by atoms with Crippen LogP contribution in [0.3, 0.4) is 0 Å². The average Bonchev–Trinajstić information content (AvgIpc) is 2.86. The van der Waals surface area contributed by atoms with Gasteiger partial charge in [-0.1, -0.05) is 6.92 Å². The number of nitrogens with zero attached hydrogens (tertiary/aromatic N) is 1. The number of furan rings is 1. The van der Waals surface area contributed by atoms with Gasteiger partial charge in [-0.15, -0.1) is 0 Å². The third kappa shape index (κ3) is 6.60. The Kier molecular flexibility index (Phi) is 7.37. The highest BCUT2D eigenvalue weighted by molar-refractivity contribution is 7.89. The van der Waals surface area contributed by atoms with Gasteiger partial charge in [0.2, 0.25) is 5.09 Å². The number of rotatable bonds is 10. The van der Waals surface area contributed by atoms with Crippen molar-refractivity contribution < 1.29 is 12.8 Å². The summed E-state index contributed by atoms with van der Waals surface area (Å²) < 4.78 is 32.4. The molecule has 0 radical (unpaired) electrons. The molecule has 122 valence electrons. The van der Waals surface area contributed by atoms with E-state index in [-0.39, 0.29) is 11.1 Å². The molecule has 0 aromatic carbocycles. The van der Waals surface area contributed by atoms with Gasteiger partial charge in [-0.25, -0.2) is 13.1 Å². The molecule has 0 saturated heterocycles. The number of sulfonamides is 1. The van der Waals surface area contributed by atoms with Crippen molar-refractivity contribution >= 4 is 10.0 Å². The molecule has 2 N–H and O–H groups in total. The minimum atomic E-state index is -3.58. The van der Waals surface area contributed by atoms with Gasteiger partial charge in [0.15, 0.2) is 0 Å². The van der Waals surface area contributed by atoms with Crippen LogP contribution in [0.2, 0.25) is 0 Å². The van der Waals surface area contributed by atoms with Crippen LogP contribution >= 0.6 is 0 Å². The van der Waals surface area contributed by atoms with Crippen LogP contribution in [0.25, 0.3) is 0 Å². The molecule has 0 spiro atoms. The van der Waals surface area contributed by atoms with Gasteiger partial charge in [0.25, 0.3) is 10.0 Å². The third-order valence-corrected chi connectivity index (χ3v) is 4.46. The van der Waals surface area contributed by atoms with E-state index in [1.807, 2.05) is 25.9 Å². The first-order valence-electron chi connectivity index (χ1n) is 7.31. The van der Waals surface area contributed by atoms with E-state index in [0.29, 0.717) is 12.3 Å². The van der Waals surface area contributed by atoms with E-state index >= 15 is 0 Å². The maximum absolute atomic E-state index is 12.2. The fourth-order valence-electron chi connectivity index (χ4n) is 1.82. The second-order valence-corrected chi connectivity index (χ2v) is 7.16. The lowest BCUT2D eigenvalue weighted by atomic mass is 10.2. The summed E-state index contributed by atoms with van der Waals surface area (Å²) >= 11 is 0. The van der Waals surface area contributed by atoms with Crippen molar-refractivity contribution in [1.29, 1.82) is 0 Å². The molecule has 1 unspecified atom stereocenters. The Morgan fingerprint density at radius 2 is 2.05 bits per heavy atom. The lowest BCUT2D eigenvalue weighted by Gasteiger charge is -2.15. The van der Waals surface area contributed by atoms with Crippen LogP contribution in [-0.2, 0) is 16.6 Å². The Morgan fingerprint density at radius 1 is 1.33 bits per heavy atom. The Bertz CT molecular complexity index is 511. The van der Waals surface area contributed by atoms with Gasteiger partial charge >= 0.3 is 0 Å². The van der Waals surface area contributed by atoms with Crippen LogP contribution in [0.1, 0.15) is 32.4 Å². The molecule has 0 bridgehead atoms. The molecule has 21 heavy (non-hydrogen) atoms. The van der Waals surface area contributed by atoms with Crippen LogP contribution in [0.15, 0.2) is 21.6 Å². The maximum Gasteiger partial charge on any atom is 0.274 e. The summed E-state index contributed by atoms with van der Waals surface area (Å²) in [5.41, 5.74) is 0. The second kappa shape index (κ2) is 8.53. The predicted octanol–water partition coefficient (Wildman–Crippen LogP) is 1.40. The van der Waals surface area contributed by atoms with E-state index in [4.69, 9.17) is 4.42 Å². The fourth-order valence-corrected chi connectivity index (χ4v) is 3.05. The molecule has 0 fully saturated rings. The van der Waals surface area contributed by atoms with Gasteiger partial charge in [0, 0.05) is 6.04 Å². The Hall–Kier alpha value is -0.890. The third-order valence-electron chi connectivity index (χ3n) is 2.99. The minimum absolute atomic E-state index is 0.0208. The molecular formula is C14H27N3O3S. The minimum Gasteiger partial charge on any atom is -0.447 e. The summed E-state index contributed by atoms with van der Waals surface area (Å²) in [6, 6.07) is 3.07. The van der Waals surface area contributed by atoms with E-state index in [0.717, 1.165) is 25.9 Å². The molecule has 0 aliphatic heterocycles. The van der Waals surface area contributed by atoms with Crippen LogP contribution in [0.4, 0.5) is 0 Å². The molecule has 0 aliphatic rings. The zero-order valence-corrected chi connectivity index (χ0v) is 14.2. The Morgan fingerprint density at radius 3 is 2.67 bits per heavy atom. The van der Waals surface area contributed by atoms with E-state index < -0.39 is 10.0 Å². The van der Waals surface area contributed by atoms with Gasteiger partial charge < -0.3 is 14.6 Å². The largest absolute Gasteiger partial charge is 0.447 e. The highest BCUT2D eigenvalue weighted by Crippen LogP contribution is 2.14. The lowest BCUT2D eigenvalue weighted by molar-refractivity contribution is 0.373. The Balaban J connectivity index is 2.57. The van der Waals surface area contributed by atoms with Gasteiger partial charge in [0.1, 0.15) is 5.76 Å². The summed E-state index contributed by atoms with van der Waals surface area (Å²) in [6.45, 7) is 6.17. The molecule has 1 aromatic rings. The van der Waals surface area contributed by atoms with Gasteiger partial charge in [-0.3, -0.25) is 0 Å². The molecule has 0 saturated carbocycles. The molecule has 1 heterocycles. The second-order valence-electron chi connectivity index (χ2n) is 5.51. The van der Waals surface area contributed by atoms with Crippen molar-refractivity contribution in [2.45, 2.75) is 44.4 Å². The molecule has 0 aliphatic carbocycles. The standard InChI is InChI=1S/C14H27N3O3S/c1-5-9-15-11-13-6-7-14(20-13)21(18,19)16-12(2)8-10-17(3)4/h6-7,12,15-16H,5,8-11H2,1-4H3. The molecule has 1 atom stereocenters. The van der Waals surface area contributed by atoms with Crippen LogP contribution < -0.4 is 10.0 Å². The molecular weight excluding hydrogens is 290 g/mol. The summed E-state index contributed by atoms with van der Waals surface area (Å²) in [5.74, 6) is 0.629. The van der Waals surface area contributed by atoms with Crippen LogP contribution in [0, 0.1) is 0 Å². The van der Waals surface area contributed by atoms with E-state index in [2.05, 4.69) is 17.0 Å². The van der Waals surface area contributed by atoms with Crippen molar-refractivity contribution in [1.82, 2.24) is 14.9 Å². The molecule has 7 heteroatoms. The first-order chi connectivity index (χ1) is 9.85. The number of nitrogens with one attached hydrogen (secondary N) is 2. The maximum atomic E-state index is 12.2. The number of hydrogen-bond donors (Lipinski definition) is 2. The fraction of sp³-hybridized carbons (Fsp3) is 0.714. The smallest absolute Gasteiger partial charge is 0.274 e. The quantitative estimate of drug-likeness (QED) is 0.638. The Labute approximate surface area is 127 Å². The molecule has 0 amide bonds. The van der Waals surface area contributed by atoms with Crippen LogP contribution in [-0.4, -0.2) is 46.5 Å². The van der Waals surface area contributed by atoms with Crippen molar-refractivity contribution in [2.24, 2.45) is 0 Å². The van der Waals surface area contributed by atoms with Crippen LogP contribution in [0.5, 0.6) is 0 Å². The summed E-state index contributed by atoms with van der Waals surface area (Å²) in [4.78, 5) is 2.02. The summed E-state index contributed by atoms with van der Waals surface area (Å²) in [5, 5.41) is 3.15. The van der Waals surface area contributed by atoms with E-state index in [1.165, 1.54) is 6.07 Å². The van der Waals surface area contributed by atoms with Crippen molar-refractivity contribution in [3.63, 3.8) is 0 Å². The first kappa shape index (κ1) is 18.2. The monoisotopic (exact) mass is 317 g/mol. The van der Waals surface area contributed by atoms with Gasteiger partial charge in [-0.05, 0) is 59.1 Å². The summed E-state index contributed by atoms with van der Waals surface area (Å²) in [6.07, 6.45) is 1.77. The average molecular weight is 317 g/mol. The van der Waals surface area contributed by atoms with E-state index in [1.54, 1.807) is 6.07 Å². The zero-order chi connectivity index (χ0) is 15.9. The highest BCUT2D eigenvalue weighted by Gasteiger charge is 2.21. The highest BCUT2D eigenvalue weighted by atomic mass is 32.2. The SMILES string of the molecule is CCCNCc1ccc(S(=O)(=O)NC(C)CCN(C)C)o1. The summed E-state index contributed by atoms with van der Waals surface area (Å²) in [7, 11) is 0.343. The topological polar surface area (TPSA) is 74.6 Å². The van der Waals surface area contributed by atoms with Crippen molar-refractivity contribution in [2.75, 3.05) is 27.2 Å². The van der Waals surface area contributed by atoms with Crippen molar-refractivity contribution in [3.05, 3.63) is 17.9 Å². The normalized spacial score (nSPS) is 13.8. The van der Waals surface area contributed by atoms with Gasteiger partial charge in [-0.2, -0.15) is 0 Å².